The quantitative estimate of drug-likeness (QED) is 0.449. The molecule has 0 amide bonds. The lowest BCUT2D eigenvalue weighted by Gasteiger charge is -2.17. The number of amidine groups is 1. The third kappa shape index (κ3) is 3.29. The van der Waals surface area contributed by atoms with Gasteiger partial charge in [-0.25, -0.2) is 0 Å². The maximum Gasteiger partial charge on any atom is 0.0960 e. The van der Waals surface area contributed by atoms with Gasteiger partial charge in [0.25, 0.3) is 0 Å². The lowest BCUT2D eigenvalue weighted by molar-refractivity contribution is 0.131. The molecule has 4 N–H and O–H groups in total. The van der Waals surface area contributed by atoms with E-state index in [2.05, 4.69) is 6.92 Å². The number of rotatable bonds is 6. The summed E-state index contributed by atoms with van der Waals surface area (Å²) in [6.45, 7) is 4.09. The molecule has 0 heterocycles. The largest absolute Gasteiger partial charge is 0.392 e. The predicted octanol–water partition coefficient (Wildman–Crippen LogP) is 1.75. The molecule has 0 aliphatic heterocycles. The highest BCUT2D eigenvalue weighted by Gasteiger charge is 2.31. The van der Waals surface area contributed by atoms with Gasteiger partial charge in [-0.1, -0.05) is 26.7 Å². The Morgan fingerprint density at radius 1 is 1.64 bits per heavy atom. The van der Waals surface area contributed by atoms with Crippen molar-refractivity contribution in [3.05, 3.63) is 0 Å². The molecule has 0 spiro atoms. The monoisotopic (exact) mass is 198 g/mol. The molecule has 4 unspecified atom stereocenters. The van der Waals surface area contributed by atoms with E-state index < -0.39 is 6.10 Å². The van der Waals surface area contributed by atoms with Crippen LogP contribution >= 0.6 is 0 Å². The van der Waals surface area contributed by atoms with E-state index in [4.69, 9.17) is 11.1 Å². The molecule has 0 radical (unpaired) electrons. The molecule has 0 aromatic rings. The number of aliphatic hydroxyl groups is 1. The van der Waals surface area contributed by atoms with Gasteiger partial charge in [0.2, 0.25) is 0 Å². The van der Waals surface area contributed by atoms with Gasteiger partial charge < -0.3 is 10.8 Å². The van der Waals surface area contributed by atoms with E-state index in [-0.39, 0.29) is 11.8 Å². The van der Waals surface area contributed by atoms with Crippen LogP contribution < -0.4 is 5.73 Å². The second-order valence-corrected chi connectivity index (χ2v) is 4.72. The predicted molar refractivity (Wildman–Crippen MR) is 58.2 cm³/mol. The van der Waals surface area contributed by atoms with Gasteiger partial charge in [-0.3, -0.25) is 5.41 Å². The van der Waals surface area contributed by atoms with Gasteiger partial charge >= 0.3 is 0 Å². The molecule has 3 heteroatoms. The van der Waals surface area contributed by atoms with Gasteiger partial charge in [0.15, 0.2) is 0 Å². The second kappa shape index (κ2) is 4.78. The summed E-state index contributed by atoms with van der Waals surface area (Å²) >= 11 is 0. The van der Waals surface area contributed by atoms with Gasteiger partial charge in [0.1, 0.15) is 0 Å². The minimum atomic E-state index is -0.429. The number of nitrogens with one attached hydrogen (secondary N) is 1. The first-order valence-electron chi connectivity index (χ1n) is 5.54. The van der Waals surface area contributed by atoms with Crippen LogP contribution in [0.25, 0.3) is 0 Å². The number of hydrogen-bond acceptors (Lipinski definition) is 2. The van der Waals surface area contributed by atoms with Crippen molar-refractivity contribution >= 4 is 5.84 Å². The standard InChI is InChI=1S/C11H22N2O/c1-7-6-9(7)4-3-5-10(14)8(2)11(12)13/h7-10,14H,3-6H2,1-2H3,(H3,12,13). The smallest absolute Gasteiger partial charge is 0.0960 e. The van der Waals surface area contributed by atoms with E-state index in [1.54, 1.807) is 0 Å². The van der Waals surface area contributed by atoms with E-state index in [0.717, 1.165) is 24.7 Å². The molecule has 1 aliphatic carbocycles. The average molecular weight is 198 g/mol. The average Bonchev–Trinajstić information content (AvgIpc) is 2.80. The second-order valence-electron chi connectivity index (χ2n) is 4.72. The first-order chi connectivity index (χ1) is 6.52. The fourth-order valence-electron chi connectivity index (χ4n) is 1.85. The van der Waals surface area contributed by atoms with Crippen molar-refractivity contribution in [2.75, 3.05) is 0 Å². The minimum absolute atomic E-state index is 0.0947. The Morgan fingerprint density at radius 2 is 2.21 bits per heavy atom. The zero-order valence-corrected chi connectivity index (χ0v) is 9.16. The van der Waals surface area contributed by atoms with Crippen molar-refractivity contribution in [1.82, 2.24) is 0 Å². The van der Waals surface area contributed by atoms with Crippen molar-refractivity contribution in [3.63, 3.8) is 0 Å². The minimum Gasteiger partial charge on any atom is -0.392 e. The molecular weight excluding hydrogens is 176 g/mol. The highest BCUT2D eigenvalue weighted by Crippen LogP contribution is 2.41. The van der Waals surface area contributed by atoms with Crippen LogP contribution in [0.4, 0.5) is 0 Å². The van der Waals surface area contributed by atoms with Crippen LogP contribution in [0.5, 0.6) is 0 Å². The van der Waals surface area contributed by atoms with Crippen LogP contribution in [0.15, 0.2) is 0 Å². The van der Waals surface area contributed by atoms with Crippen molar-refractivity contribution < 1.29 is 5.11 Å². The fourth-order valence-corrected chi connectivity index (χ4v) is 1.85. The first-order valence-corrected chi connectivity index (χ1v) is 5.54. The van der Waals surface area contributed by atoms with Crippen LogP contribution in [0.3, 0.4) is 0 Å². The highest BCUT2D eigenvalue weighted by molar-refractivity contribution is 5.79. The zero-order valence-electron chi connectivity index (χ0n) is 9.16. The Hall–Kier alpha value is -0.570. The fraction of sp³-hybridized carbons (Fsp3) is 0.909. The Balaban J connectivity index is 2.08. The Labute approximate surface area is 86.2 Å². The van der Waals surface area contributed by atoms with E-state index in [1.807, 2.05) is 6.92 Å². The summed E-state index contributed by atoms with van der Waals surface area (Å²) in [6.07, 6.45) is 4.00. The summed E-state index contributed by atoms with van der Waals surface area (Å²) in [5.41, 5.74) is 5.33. The maximum atomic E-state index is 9.67. The zero-order chi connectivity index (χ0) is 10.7. The number of nitrogens with two attached hydrogens (primary N) is 1. The molecule has 1 saturated carbocycles. The Morgan fingerprint density at radius 3 is 2.64 bits per heavy atom. The lowest BCUT2D eigenvalue weighted by Crippen LogP contribution is -2.30. The van der Waals surface area contributed by atoms with Gasteiger partial charge in [-0.05, 0) is 24.7 Å². The van der Waals surface area contributed by atoms with Gasteiger partial charge in [-0.15, -0.1) is 0 Å². The third-order valence-corrected chi connectivity index (χ3v) is 3.42. The van der Waals surface area contributed by atoms with Crippen molar-refractivity contribution in [2.45, 2.75) is 45.6 Å². The highest BCUT2D eigenvalue weighted by atomic mass is 16.3. The first kappa shape index (κ1) is 11.5. The third-order valence-electron chi connectivity index (χ3n) is 3.42. The molecule has 4 atom stereocenters. The van der Waals surface area contributed by atoms with Gasteiger partial charge in [0.05, 0.1) is 11.9 Å². The van der Waals surface area contributed by atoms with E-state index >= 15 is 0 Å². The summed E-state index contributed by atoms with van der Waals surface area (Å²) in [7, 11) is 0. The summed E-state index contributed by atoms with van der Waals surface area (Å²) in [5, 5.41) is 16.9. The molecule has 0 aromatic heterocycles. The van der Waals surface area contributed by atoms with Crippen LogP contribution in [-0.2, 0) is 0 Å². The van der Waals surface area contributed by atoms with Crippen LogP contribution in [-0.4, -0.2) is 17.0 Å². The topological polar surface area (TPSA) is 70.1 Å². The number of aliphatic hydroxyl groups excluding tert-OH is 1. The summed E-state index contributed by atoms with van der Waals surface area (Å²) in [5.74, 6) is 1.70. The van der Waals surface area contributed by atoms with E-state index in [9.17, 15) is 5.11 Å². The molecule has 0 aromatic carbocycles. The van der Waals surface area contributed by atoms with E-state index in [1.165, 1.54) is 12.8 Å². The van der Waals surface area contributed by atoms with Crippen LogP contribution in [0.2, 0.25) is 0 Å². The van der Waals surface area contributed by atoms with Crippen molar-refractivity contribution in [3.8, 4) is 0 Å². The summed E-state index contributed by atoms with van der Waals surface area (Å²) < 4.78 is 0. The van der Waals surface area contributed by atoms with Gasteiger partial charge in [-0.2, -0.15) is 0 Å². The molecular formula is C11H22N2O. The summed E-state index contributed by atoms with van der Waals surface area (Å²) in [4.78, 5) is 0. The summed E-state index contributed by atoms with van der Waals surface area (Å²) in [6, 6.07) is 0. The molecule has 82 valence electrons. The van der Waals surface area contributed by atoms with Crippen LogP contribution in [0, 0.1) is 23.2 Å². The molecule has 0 saturated heterocycles. The van der Waals surface area contributed by atoms with Gasteiger partial charge in [0, 0.05) is 5.92 Å². The molecule has 3 nitrogen and oxygen atoms in total. The Kier molecular flexibility index (Phi) is 3.93. The van der Waals surface area contributed by atoms with Crippen molar-refractivity contribution in [1.29, 1.82) is 5.41 Å². The van der Waals surface area contributed by atoms with Crippen LogP contribution in [0.1, 0.15) is 39.5 Å². The van der Waals surface area contributed by atoms with E-state index in [0.29, 0.717) is 0 Å². The lowest BCUT2D eigenvalue weighted by atomic mass is 9.98. The number of hydrogen-bond donors (Lipinski definition) is 3. The molecule has 0 bridgehead atoms. The van der Waals surface area contributed by atoms with Crippen molar-refractivity contribution in [2.24, 2.45) is 23.5 Å². The molecule has 14 heavy (non-hydrogen) atoms. The molecule has 1 fully saturated rings. The Bertz CT molecular complexity index is 205. The SMILES string of the molecule is CC1CC1CCCC(O)C(C)C(=N)N. The normalized spacial score (nSPS) is 29.6. The molecule has 1 rings (SSSR count). The maximum absolute atomic E-state index is 9.67. The molecule has 1 aliphatic rings.